The van der Waals surface area contributed by atoms with Gasteiger partial charge in [0, 0.05) is 13.0 Å². The number of aryl methyl sites for hydroxylation is 1. The fourth-order valence-corrected chi connectivity index (χ4v) is 3.17. The Morgan fingerprint density at radius 1 is 1.42 bits per heavy atom. The predicted molar refractivity (Wildman–Crippen MR) is 68.7 cm³/mol. The molecule has 6 heteroatoms. The zero-order valence-electron chi connectivity index (χ0n) is 11.2. The van der Waals surface area contributed by atoms with Gasteiger partial charge in [-0.05, 0) is 32.4 Å². The van der Waals surface area contributed by atoms with Gasteiger partial charge in [-0.2, -0.15) is 5.10 Å². The molecule has 0 amide bonds. The average Bonchev–Trinajstić information content (AvgIpc) is 3.03. The van der Waals surface area contributed by atoms with Crippen molar-refractivity contribution >= 4 is 5.97 Å². The van der Waals surface area contributed by atoms with E-state index < -0.39 is 5.97 Å². The normalized spacial score (nSPS) is 27.4. The zero-order chi connectivity index (χ0) is 13.4. The SMILES string of the molecule is CCN1CCCC1c1nc2n(n1)CCC(C(=O)O)C2. The van der Waals surface area contributed by atoms with E-state index >= 15 is 0 Å². The summed E-state index contributed by atoms with van der Waals surface area (Å²) in [5.41, 5.74) is 0. The average molecular weight is 264 g/mol. The van der Waals surface area contributed by atoms with Crippen LogP contribution in [0.1, 0.15) is 43.9 Å². The fourth-order valence-electron chi connectivity index (χ4n) is 3.17. The van der Waals surface area contributed by atoms with Crippen molar-refractivity contribution in [1.29, 1.82) is 0 Å². The molecule has 104 valence electrons. The first-order valence-electron chi connectivity index (χ1n) is 7.09. The van der Waals surface area contributed by atoms with Crippen LogP contribution in [0.15, 0.2) is 0 Å². The van der Waals surface area contributed by atoms with Gasteiger partial charge in [0.15, 0.2) is 5.82 Å². The standard InChI is InChI=1S/C13H20N4O2/c1-2-16-6-3-4-10(16)12-14-11-8-9(13(18)19)5-7-17(11)15-12/h9-10H,2-8H2,1H3,(H,18,19). The maximum atomic E-state index is 11.1. The molecule has 0 radical (unpaired) electrons. The lowest BCUT2D eigenvalue weighted by Gasteiger charge is -2.19. The first-order chi connectivity index (χ1) is 9.19. The molecule has 6 nitrogen and oxygen atoms in total. The van der Waals surface area contributed by atoms with Gasteiger partial charge in [0.1, 0.15) is 5.82 Å². The van der Waals surface area contributed by atoms with Gasteiger partial charge in [-0.1, -0.05) is 6.92 Å². The highest BCUT2D eigenvalue weighted by molar-refractivity contribution is 5.70. The number of carboxylic acids is 1. The molecule has 0 bridgehead atoms. The second kappa shape index (κ2) is 4.92. The molecule has 2 unspecified atom stereocenters. The third kappa shape index (κ3) is 2.25. The first kappa shape index (κ1) is 12.6. The number of nitrogens with zero attached hydrogens (tertiary/aromatic N) is 4. The summed E-state index contributed by atoms with van der Waals surface area (Å²) in [7, 11) is 0. The monoisotopic (exact) mass is 264 g/mol. The van der Waals surface area contributed by atoms with Gasteiger partial charge in [-0.3, -0.25) is 9.69 Å². The third-order valence-electron chi connectivity index (χ3n) is 4.30. The van der Waals surface area contributed by atoms with Crippen molar-refractivity contribution in [2.24, 2.45) is 5.92 Å². The number of carboxylic acid groups (broad SMARTS) is 1. The number of rotatable bonds is 3. The third-order valence-corrected chi connectivity index (χ3v) is 4.30. The number of aromatic nitrogens is 3. The van der Waals surface area contributed by atoms with E-state index in [4.69, 9.17) is 5.11 Å². The molecule has 0 saturated carbocycles. The van der Waals surface area contributed by atoms with E-state index in [1.165, 1.54) is 6.42 Å². The fraction of sp³-hybridized carbons (Fsp3) is 0.769. The molecule has 2 atom stereocenters. The van der Waals surface area contributed by atoms with Gasteiger partial charge >= 0.3 is 5.97 Å². The molecule has 2 aliphatic heterocycles. The maximum Gasteiger partial charge on any atom is 0.307 e. The van der Waals surface area contributed by atoms with Crippen LogP contribution in [0.5, 0.6) is 0 Å². The lowest BCUT2D eigenvalue weighted by atomic mass is 9.98. The van der Waals surface area contributed by atoms with Crippen LogP contribution in [0.25, 0.3) is 0 Å². The van der Waals surface area contributed by atoms with Crippen molar-refractivity contribution in [2.45, 2.75) is 45.2 Å². The highest BCUT2D eigenvalue weighted by atomic mass is 16.4. The molecule has 1 aromatic heterocycles. The lowest BCUT2D eigenvalue weighted by Crippen LogP contribution is -2.26. The Hall–Kier alpha value is -1.43. The second-order valence-corrected chi connectivity index (χ2v) is 5.42. The summed E-state index contributed by atoms with van der Waals surface area (Å²) < 4.78 is 1.90. The van der Waals surface area contributed by atoms with Crippen LogP contribution in [0.2, 0.25) is 0 Å². The molecule has 0 aliphatic carbocycles. The van der Waals surface area contributed by atoms with E-state index in [2.05, 4.69) is 21.9 Å². The highest BCUT2D eigenvalue weighted by Gasteiger charge is 2.32. The summed E-state index contributed by atoms with van der Waals surface area (Å²) in [6.45, 7) is 4.97. The molecule has 1 saturated heterocycles. The maximum absolute atomic E-state index is 11.1. The first-order valence-corrected chi connectivity index (χ1v) is 7.09. The molecular weight excluding hydrogens is 244 g/mol. The van der Waals surface area contributed by atoms with E-state index in [1.807, 2.05) is 4.68 Å². The Morgan fingerprint density at radius 2 is 2.26 bits per heavy atom. The minimum absolute atomic E-state index is 0.296. The Labute approximate surface area is 112 Å². The molecule has 1 aromatic rings. The minimum atomic E-state index is -0.716. The zero-order valence-corrected chi connectivity index (χ0v) is 11.2. The van der Waals surface area contributed by atoms with Crippen LogP contribution in [-0.4, -0.2) is 43.8 Å². The molecule has 2 aliphatic rings. The molecule has 3 rings (SSSR count). The van der Waals surface area contributed by atoms with Gasteiger partial charge < -0.3 is 5.11 Å². The van der Waals surface area contributed by atoms with Crippen LogP contribution in [0.4, 0.5) is 0 Å². The molecule has 19 heavy (non-hydrogen) atoms. The van der Waals surface area contributed by atoms with Crippen molar-refractivity contribution in [3.05, 3.63) is 11.6 Å². The van der Waals surface area contributed by atoms with Crippen LogP contribution in [0.3, 0.4) is 0 Å². The van der Waals surface area contributed by atoms with Gasteiger partial charge in [-0.15, -0.1) is 0 Å². The quantitative estimate of drug-likeness (QED) is 0.884. The van der Waals surface area contributed by atoms with Crippen molar-refractivity contribution in [3.63, 3.8) is 0 Å². The highest BCUT2D eigenvalue weighted by Crippen LogP contribution is 2.30. The summed E-state index contributed by atoms with van der Waals surface area (Å²) in [5.74, 6) is 0.722. The van der Waals surface area contributed by atoms with Crippen molar-refractivity contribution in [1.82, 2.24) is 19.7 Å². The second-order valence-electron chi connectivity index (χ2n) is 5.42. The van der Waals surface area contributed by atoms with Gasteiger partial charge in [0.2, 0.25) is 0 Å². The molecule has 1 N–H and O–H groups in total. The van der Waals surface area contributed by atoms with Crippen LogP contribution in [0, 0.1) is 5.92 Å². The summed E-state index contributed by atoms with van der Waals surface area (Å²) in [6, 6.07) is 0.325. The Morgan fingerprint density at radius 3 is 3.00 bits per heavy atom. The number of fused-ring (bicyclic) bond motifs is 1. The Bertz CT molecular complexity index is 485. The van der Waals surface area contributed by atoms with Crippen molar-refractivity contribution in [2.75, 3.05) is 13.1 Å². The summed E-state index contributed by atoms with van der Waals surface area (Å²) >= 11 is 0. The van der Waals surface area contributed by atoms with Gasteiger partial charge in [-0.25, -0.2) is 9.67 Å². The summed E-state index contributed by atoms with van der Waals surface area (Å²) in [6.07, 6.45) is 3.48. The van der Waals surface area contributed by atoms with Crippen LogP contribution in [-0.2, 0) is 17.8 Å². The Kier molecular flexibility index (Phi) is 3.26. The van der Waals surface area contributed by atoms with Crippen molar-refractivity contribution in [3.8, 4) is 0 Å². The van der Waals surface area contributed by atoms with Crippen LogP contribution < -0.4 is 0 Å². The van der Waals surface area contributed by atoms with Crippen LogP contribution >= 0.6 is 0 Å². The number of likely N-dealkylation sites (tertiary alicyclic amines) is 1. The summed E-state index contributed by atoms with van der Waals surface area (Å²) in [5, 5.41) is 13.7. The molecular formula is C13H20N4O2. The smallest absolute Gasteiger partial charge is 0.307 e. The van der Waals surface area contributed by atoms with E-state index in [0.29, 0.717) is 25.4 Å². The topological polar surface area (TPSA) is 71.2 Å². The number of carbonyl (C=O) groups is 1. The summed E-state index contributed by atoms with van der Waals surface area (Å²) in [4.78, 5) is 18.1. The van der Waals surface area contributed by atoms with Gasteiger partial charge in [0.05, 0.1) is 12.0 Å². The minimum Gasteiger partial charge on any atom is -0.481 e. The largest absolute Gasteiger partial charge is 0.481 e. The van der Waals surface area contributed by atoms with E-state index in [0.717, 1.165) is 31.2 Å². The molecule has 3 heterocycles. The van der Waals surface area contributed by atoms with E-state index in [1.54, 1.807) is 0 Å². The number of aliphatic carboxylic acids is 1. The molecule has 1 fully saturated rings. The lowest BCUT2D eigenvalue weighted by molar-refractivity contribution is -0.142. The predicted octanol–water partition coefficient (Wildman–Crippen LogP) is 1.08. The van der Waals surface area contributed by atoms with E-state index in [-0.39, 0.29) is 5.92 Å². The van der Waals surface area contributed by atoms with E-state index in [9.17, 15) is 4.79 Å². The van der Waals surface area contributed by atoms with Gasteiger partial charge in [0.25, 0.3) is 0 Å². The van der Waals surface area contributed by atoms with Crippen molar-refractivity contribution < 1.29 is 9.90 Å². The Balaban J connectivity index is 1.81. The number of hydrogen-bond donors (Lipinski definition) is 1. The number of hydrogen-bond acceptors (Lipinski definition) is 4. The molecule has 0 spiro atoms. The molecule has 0 aromatic carbocycles.